The number of allylic oxidation sites excluding steroid dienone is 3. The van der Waals surface area contributed by atoms with E-state index < -0.39 is 0 Å². The molecule has 0 bridgehead atoms. The third-order valence-corrected chi connectivity index (χ3v) is 2.21. The van der Waals surface area contributed by atoms with E-state index in [4.69, 9.17) is 4.74 Å². The quantitative estimate of drug-likeness (QED) is 0.491. The van der Waals surface area contributed by atoms with Gasteiger partial charge in [-0.3, -0.25) is 4.79 Å². The molecule has 0 N–H and O–H groups in total. The van der Waals surface area contributed by atoms with E-state index in [1.807, 2.05) is 6.92 Å². The molecule has 2 nitrogen and oxygen atoms in total. The van der Waals surface area contributed by atoms with Crippen molar-refractivity contribution in [3.05, 3.63) is 23.8 Å². The van der Waals surface area contributed by atoms with Gasteiger partial charge >= 0.3 is 0 Å². The van der Waals surface area contributed by atoms with Crippen LogP contribution in [0.1, 0.15) is 32.6 Å². The van der Waals surface area contributed by atoms with Gasteiger partial charge in [0.2, 0.25) is 0 Å². The van der Waals surface area contributed by atoms with Gasteiger partial charge in [0.15, 0.2) is 0 Å². The molecule has 0 amide bonds. The van der Waals surface area contributed by atoms with Crippen molar-refractivity contribution in [2.75, 3.05) is 0 Å². The molecule has 13 heavy (non-hydrogen) atoms. The van der Waals surface area contributed by atoms with E-state index in [2.05, 4.69) is 18.2 Å². The van der Waals surface area contributed by atoms with Gasteiger partial charge in [-0.05, 0) is 26.2 Å². The highest BCUT2D eigenvalue weighted by Gasteiger charge is 2.02. The standard InChI is InChI=1S/C11H16O2/c1-10(13-9-12)7-8-11-5-3-2-4-6-11/h2-3,8-10H,4-7H2,1H3/b11-8+. The fraction of sp³-hybridized carbons (Fsp3) is 0.545. The molecule has 0 saturated carbocycles. The summed E-state index contributed by atoms with van der Waals surface area (Å²) < 4.78 is 4.79. The van der Waals surface area contributed by atoms with Gasteiger partial charge in [0.25, 0.3) is 6.47 Å². The summed E-state index contributed by atoms with van der Waals surface area (Å²) in [5, 5.41) is 0. The Hall–Kier alpha value is -1.05. The van der Waals surface area contributed by atoms with Crippen LogP contribution < -0.4 is 0 Å². The molecule has 0 aromatic heterocycles. The number of ether oxygens (including phenoxy) is 1. The number of hydrogen-bond acceptors (Lipinski definition) is 2. The molecular weight excluding hydrogens is 164 g/mol. The average molecular weight is 180 g/mol. The third kappa shape index (κ3) is 3.92. The summed E-state index contributed by atoms with van der Waals surface area (Å²) in [6.07, 6.45) is 10.8. The number of carbonyl (C=O) groups is 1. The van der Waals surface area contributed by atoms with Crippen LogP contribution in [-0.2, 0) is 9.53 Å². The van der Waals surface area contributed by atoms with Crippen molar-refractivity contribution < 1.29 is 9.53 Å². The Balaban J connectivity index is 2.29. The van der Waals surface area contributed by atoms with Crippen molar-refractivity contribution in [1.82, 2.24) is 0 Å². The van der Waals surface area contributed by atoms with E-state index in [-0.39, 0.29) is 6.10 Å². The highest BCUT2D eigenvalue weighted by molar-refractivity contribution is 5.37. The number of carbonyl (C=O) groups excluding carboxylic acids is 1. The first-order valence-corrected chi connectivity index (χ1v) is 4.75. The Morgan fingerprint density at radius 3 is 3.08 bits per heavy atom. The number of hydrogen-bond donors (Lipinski definition) is 0. The van der Waals surface area contributed by atoms with E-state index in [9.17, 15) is 4.79 Å². The first kappa shape index (κ1) is 10.0. The second kappa shape index (κ2) is 5.57. The smallest absolute Gasteiger partial charge is 0.293 e. The Bertz CT molecular complexity index is 216. The van der Waals surface area contributed by atoms with Gasteiger partial charge in [-0.15, -0.1) is 0 Å². The molecule has 0 spiro atoms. The maximum atomic E-state index is 10.0. The summed E-state index contributed by atoms with van der Waals surface area (Å²) in [5.74, 6) is 0. The van der Waals surface area contributed by atoms with Gasteiger partial charge in [-0.1, -0.05) is 23.8 Å². The summed E-state index contributed by atoms with van der Waals surface area (Å²) in [5.41, 5.74) is 1.46. The molecule has 1 aliphatic carbocycles. The summed E-state index contributed by atoms with van der Waals surface area (Å²) in [7, 11) is 0. The van der Waals surface area contributed by atoms with E-state index in [1.165, 1.54) is 5.57 Å². The van der Waals surface area contributed by atoms with Crippen LogP contribution >= 0.6 is 0 Å². The molecule has 1 unspecified atom stereocenters. The summed E-state index contributed by atoms with van der Waals surface area (Å²) in [6, 6.07) is 0. The lowest BCUT2D eigenvalue weighted by molar-refractivity contribution is -0.132. The van der Waals surface area contributed by atoms with Gasteiger partial charge < -0.3 is 4.74 Å². The van der Waals surface area contributed by atoms with Crippen LogP contribution in [0, 0.1) is 0 Å². The molecule has 72 valence electrons. The summed E-state index contributed by atoms with van der Waals surface area (Å²) in [6.45, 7) is 2.42. The van der Waals surface area contributed by atoms with Gasteiger partial charge in [-0.2, -0.15) is 0 Å². The molecule has 1 aliphatic rings. The zero-order valence-corrected chi connectivity index (χ0v) is 8.03. The van der Waals surface area contributed by atoms with Gasteiger partial charge in [0, 0.05) is 6.42 Å². The first-order chi connectivity index (χ1) is 6.33. The fourth-order valence-corrected chi connectivity index (χ4v) is 1.39. The van der Waals surface area contributed by atoms with E-state index >= 15 is 0 Å². The van der Waals surface area contributed by atoms with Gasteiger partial charge in [0.05, 0.1) is 0 Å². The average Bonchev–Trinajstić information content (AvgIpc) is 2.17. The predicted molar refractivity (Wildman–Crippen MR) is 52.3 cm³/mol. The van der Waals surface area contributed by atoms with Crippen LogP contribution in [0.5, 0.6) is 0 Å². The van der Waals surface area contributed by atoms with Crippen LogP contribution in [0.15, 0.2) is 23.8 Å². The van der Waals surface area contributed by atoms with Crippen LogP contribution in [0.2, 0.25) is 0 Å². The molecule has 0 heterocycles. The molecule has 1 rings (SSSR count). The van der Waals surface area contributed by atoms with Crippen molar-refractivity contribution in [3.63, 3.8) is 0 Å². The van der Waals surface area contributed by atoms with E-state index in [0.29, 0.717) is 6.47 Å². The molecule has 0 aromatic rings. The number of rotatable bonds is 4. The predicted octanol–water partition coefficient (Wildman–Crippen LogP) is 2.60. The SMILES string of the molecule is CC(C/C=C1\CC=CCC1)OC=O. The van der Waals surface area contributed by atoms with E-state index in [0.717, 1.165) is 25.7 Å². The Labute approximate surface area is 79.3 Å². The molecule has 0 fully saturated rings. The van der Waals surface area contributed by atoms with Crippen LogP contribution in [0.25, 0.3) is 0 Å². The van der Waals surface area contributed by atoms with Crippen LogP contribution in [0.3, 0.4) is 0 Å². The Morgan fingerprint density at radius 1 is 1.62 bits per heavy atom. The zero-order valence-electron chi connectivity index (χ0n) is 8.03. The first-order valence-electron chi connectivity index (χ1n) is 4.75. The van der Waals surface area contributed by atoms with Crippen molar-refractivity contribution >= 4 is 6.47 Å². The molecule has 0 aromatic carbocycles. The molecule has 0 aliphatic heterocycles. The van der Waals surface area contributed by atoms with Crippen LogP contribution in [0.4, 0.5) is 0 Å². The summed E-state index contributed by atoms with van der Waals surface area (Å²) in [4.78, 5) is 10.0. The lowest BCUT2D eigenvalue weighted by atomic mass is 9.99. The fourth-order valence-electron chi connectivity index (χ4n) is 1.39. The lowest BCUT2D eigenvalue weighted by Gasteiger charge is -2.10. The van der Waals surface area contributed by atoms with Crippen LogP contribution in [-0.4, -0.2) is 12.6 Å². The monoisotopic (exact) mass is 180 g/mol. The highest BCUT2D eigenvalue weighted by Crippen LogP contribution is 2.17. The maximum absolute atomic E-state index is 10.0. The van der Waals surface area contributed by atoms with Crippen molar-refractivity contribution in [3.8, 4) is 0 Å². The minimum absolute atomic E-state index is 0.0101. The largest absolute Gasteiger partial charge is 0.465 e. The van der Waals surface area contributed by atoms with Crippen molar-refractivity contribution in [2.24, 2.45) is 0 Å². The van der Waals surface area contributed by atoms with Crippen molar-refractivity contribution in [1.29, 1.82) is 0 Å². The normalized spacial score (nSPS) is 21.5. The minimum Gasteiger partial charge on any atom is -0.465 e. The topological polar surface area (TPSA) is 26.3 Å². The van der Waals surface area contributed by atoms with Gasteiger partial charge in [0.1, 0.15) is 6.10 Å². The lowest BCUT2D eigenvalue weighted by Crippen LogP contribution is -2.05. The molecule has 0 saturated heterocycles. The molecule has 1 atom stereocenters. The summed E-state index contributed by atoms with van der Waals surface area (Å²) >= 11 is 0. The maximum Gasteiger partial charge on any atom is 0.293 e. The molecule has 0 radical (unpaired) electrons. The zero-order chi connectivity index (χ0) is 9.52. The second-order valence-corrected chi connectivity index (χ2v) is 3.36. The van der Waals surface area contributed by atoms with Crippen molar-refractivity contribution in [2.45, 2.75) is 38.7 Å². The van der Waals surface area contributed by atoms with Gasteiger partial charge in [-0.25, -0.2) is 0 Å². The Morgan fingerprint density at radius 2 is 2.46 bits per heavy atom. The third-order valence-electron chi connectivity index (χ3n) is 2.21. The Kier molecular flexibility index (Phi) is 4.30. The second-order valence-electron chi connectivity index (χ2n) is 3.36. The molecular formula is C11H16O2. The van der Waals surface area contributed by atoms with E-state index in [1.54, 1.807) is 0 Å². The molecule has 2 heteroatoms. The highest BCUT2D eigenvalue weighted by atomic mass is 16.5. The minimum atomic E-state index is 0.0101.